The van der Waals surface area contributed by atoms with Gasteiger partial charge < -0.3 is 5.32 Å². The first-order chi connectivity index (χ1) is 21.7. The fourth-order valence-electron chi connectivity index (χ4n) is 5.87. The topological polar surface area (TPSA) is 132 Å². The molecule has 2 aliphatic rings. The number of nitrogens with zero attached hydrogens (tertiary/aromatic N) is 3. The number of thiazole rings is 1. The Morgan fingerprint density at radius 1 is 0.911 bits per heavy atom. The highest BCUT2D eigenvalue weighted by Crippen LogP contribution is 2.54. The van der Waals surface area contributed by atoms with Gasteiger partial charge in [-0.05, 0) is 52.7 Å². The second kappa shape index (κ2) is 11.4. The number of benzene rings is 4. The van der Waals surface area contributed by atoms with Crippen LogP contribution < -0.4 is 15.1 Å². The van der Waals surface area contributed by atoms with Crippen molar-refractivity contribution in [3.05, 3.63) is 126 Å². The van der Waals surface area contributed by atoms with Crippen molar-refractivity contribution in [3.8, 4) is 0 Å². The van der Waals surface area contributed by atoms with Crippen molar-refractivity contribution in [2.24, 2.45) is 5.92 Å². The van der Waals surface area contributed by atoms with E-state index < -0.39 is 39.7 Å². The van der Waals surface area contributed by atoms with E-state index in [1.165, 1.54) is 28.8 Å². The number of carbonyl (C=O) groups is 3. The minimum Gasteiger partial charge on any atom is -0.325 e. The second-order valence-corrected chi connectivity index (χ2v) is 13.7. The van der Waals surface area contributed by atoms with Gasteiger partial charge in [-0.1, -0.05) is 81.5 Å². The number of anilines is 2. The van der Waals surface area contributed by atoms with Crippen molar-refractivity contribution in [1.82, 2.24) is 4.57 Å². The smallest absolute Gasteiger partial charge is 0.308 e. The van der Waals surface area contributed by atoms with Crippen molar-refractivity contribution in [3.63, 3.8) is 0 Å². The fourth-order valence-corrected chi connectivity index (χ4v) is 8.91. The summed E-state index contributed by atoms with van der Waals surface area (Å²) in [6.07, 6.45) is 0. The molecule has 45 heavy (non-hydrogen) atoms. The van der Waals surface area contributed by atoms with Crippen molar-refractivity contribution < 1.29 is 19.3 Å². The molecule has 5 aromatic rings. The lowest BCUT2D eigenvalue weighted by Crippen LogP contribution is -2.33. The summed E-state index contributed by atoms with van der Waals surface area (Å²) >= 11 is 5.52. The fraction of sp³-hybridized carbons (Fsp3) is 0.125. The highest BCUT2D eigenvalue weighted by atomic mass is 79.9. The molecule has 7 rings (SSSR count). The molecule has 2 aliphatic heterocycles. The normalized spacial score (nSPS) is 19.0. The zero-order chi connectivity index (χ0) is 31.4. The van der Waals surface area contributed by atoms with Crippen molar-refractivity contribution in [2.75, 3.05) is 10.2 Å². The number of halogens is 1. The predicted molar refractivity (Wildman–Crippen MR) is 176 cm³/mol. The number of carbonyl (C=O) groups excluding carboxylic acids is 3. The van der Waals surface area contributed by atoms with Gasteiger partial charge in [0.15, 0.2) is 0 Å². The Labute approximate surface area is 271 Å². The van der Waals surface area contributed by atoms with Gasteiger partial charge in [-0.15, -0.1) is 0 Å². The maximum absolute atomic E-state index is 14.0. The Kier molecular flexibility index (Phi) is 7.38. The average Bonchev–Trinajstić information content (AvgIpc) is 3.47. The molecular weight excluding hydrogens is 680 g/mol. The second-order valence-electron chi connectivity index (χ2n) is 10.6. The highest BCUT2D eigenvalue weighted by molar-refractivity contribution is 9.10. The Balaban J connectivity index is 1.25. The lowest BCUT2D eigenvalue weighted by molar-refractivity contribution is -0.384. The summed E-state index contributed by atoms with van der Waals surface area (Å²) in [4.78, 5) is 66.5. The number of nitro groups is 1. The third-order valence-electron chi connectivity index (χ3n) is 7.93. The van der Waals surface area contributed by atoms with E-state index >= 15 is 0 Å². The molecule has 1 N–H and O–H groups in total. The molecule has 1 aromatic heterocycles. The van der Waals surface area contributed by atoms with Gasteiger partial charge in [0, 0.05) is 33.1 Å². The molecule has 3 amide bonds. The van der Waals surface area contributed by atoms with Crippen LogP contribution in [-0.2, 0) is 20.9 Å². The van der Waals surface area contributed by atoms with Crippen LogP contribution in [0.25, 0.3) is 10.8 Å². The molecule has 0 saturated carbocycles. The summed E-state index contributed by atoms with van der Waals surface area (Å²) in [5.41, 5.74) is 1.41. The van der Waals surface area contributed by atoms with Crippen LogP contribution in [-0.4, -0.2) is 32.5 Å². The molecular formula is C32H21BrN4O6S2. The number of imide groups is 1. The number of aromatic nitrogens is 1. The van der Waals surface area contributed by atoms with Gasteiger partial charge in [0.25, 0.3) is 5.69 Å². The predicted octanol–water partition coefficient (Wildman–Crippen LogP) is 6.17. The van der Waals surface area contributed by atoms with Crippen LogP contribution in [0, 0.1) is 16.0 Å². The third-order valence-corrected chi connectivity index (χ3v) is 11.1. The quantitative estimate of drug-likeness (QED) is 0.127. The number of thioether (sulfide) groups is 1. The van der Waals surface area contributed by atoms with Crippen LogP contribution in [0.2, 0.25) is 0 Å². The number of nitro benzene ring substituents is 1. The number of non-ortho nitro benzene ring substituents is 1. The number of fused-ring (bicyclic) bond motifs is 3. The SMILES string of the molecule is O=C(Cn1c2c(sc1=O)[C@@H](c1ccc(Br)cc1)[C@@H]1C(=O)N(c3ccc([N+](=O)[O-])cc3)C(=O)[C@@H]1S2)Nc1ccc2ccccc2c1. The van der Waals surface area contributed by atoms with Crippen LogP contribution in [0.1, 0.15) is 16.4 Å². The molecule has 3 heterocycles. The van der Waals surface area contributed by atoms with Crippen LogP contribution in [0.4, 0.5) is 17.1 Å². The highest BCUT2D eigenvalue weighted by Gasteiger charge is 2.56. The lowest BCUT2D eigenvalue weighted by Gasteiger charge is -2.30. The number of nitrogens with one attached hydrogen (secondary N) is 1. The molecule has 13 heteroatoms. The molecule has 0 aliphatic carbocycles. The number of hydrogen-bond acceptors (Lipinski definition) is 8. The maximum Gasteiger partial charge on any atom is 0.308 e. The first-order valence-corrected chi connectivity index (χ1v) is 16.2. The zero-order valence-electron chi connectivity index (χ0n) is 23.1. The largest absolute Gasteiger partial charge is 0.325 e. The van der Waals surface area contributed by atoms with Gasteiger partial charge in [0.2, 0.25) is 17.7 Å². The van der Waals surface area contributed by atoms with Gasteiger partial charge in [-0.3, -0.25) is 33.9 Å². The molecule has 0 bridgehead atoms. The van der Waals surface area contributed by atoms with E-state index in [0.717, 1.165) is 48.8 Å². The van der Waals surface area contributed by atoms with Crippen LogP contribution in [0.5, 0.6) is 0 Å². The lowest BCUT2D eigenvalue weighted by atomic mass is 9.83. The van der Waals surface area contributed by atoms with E-state index in [1.54, 1.807) is 6.07 Å². The zero-order valence-corrected chi connectivity index (χ0v) is 26.3. The van der Waals surface area contributed by atoms with Gasteiger partial charge >= 0.3 is 4.87 Å². The summed E-state index contributed by atoms with van der Waals surface area (Å²) in [6.45, 7) is -0.275. The van der Waals surface area contributed by atoms with Crippen molar-refractivity contribution >= 4 is 84.6 Å². The van der Waals surface area contributed by atoms with Crippen molar-refractivity contribution in [1.29, 1.82) is 0 Å². The average molecular weight is 702 g/mol. The van der Waals surface area contributed by atoms with Crippen LogP contribution in [0.3, 0.4) is 0 Å². The van der Waals surface area contributed by atoms with Gasteiger partial charge in [0.1, 0.15) is 11.8 Å². The van der Waals surface area contributed by atoms with E-state index in [9.17, 15) is 29.3 Å². The standard InChI is InChI=1S/C32H21BrN4O6S2/c33-20-8-5-18(6-9-20)25-26-27(30(40)36(29(26)39)22-11-13-23(14-12-22)37(42)43)44-31-28(25)45-32(41)35(31)16-24(38)34-21-10-7-17-3-1-2-4-19(17)15-21/h1-15,25-27H,16H2,(H,34,38)/t25-,26-,27+/m0/s1. The van der Waals surface area contributed by atoms with Crippen LogP contribution >= 0.6 is 39.0 Å². The van der Waals surface area contributed by atoms with E-state index in [2.05, 4.69) is 21.2 Å². The Bertz CT molecular complexity index is 2090. The third kappa shape index (κ3) is 5.16. The molecule has 0 spiro atoms. The minimum absolute atomic E-state index is 0.162. The summed E-state index contributed by atoms with van der Waals surface area (Å²) in [5, 5.41) is 15.6. The van der Waals surface area contributed by atoms with Gasteiger partial charge in [0.05, 0.1) is 21.6 Å². The summed E-state index contributed by atoms with van der Waals surface area (Å²) in [6, 6.07) is 25.9. The molecule has 0 unspecified atom stereocenters. The molecule has 10 nitrogen and oxygen atoms in total. The summed E-state index contributed by atoms with van der Waals surface area (Å²) in [7, 11) is 0. The van der Waals surface area contributed by atoms with Crippen LogP contribution in [0.15, 0.2) is 105 Å². The molecule has 4 aromatic carbocycles. The van der Waals surface area contributed by atoms with Crippen molar-refractivity contribution in [2.45, 2.75) is 22.7 Å². The summed E-state index contributed by atoms with van der Waals surface area (Å²) < 4.78 is 2.20. The molecule has 224 valence electrons. The van der Waals surface area contributed by atoms with Gasteiger partial charge in [-0.2, -0.15) is 0 Å². The molecule has 3 atom stereocenters. The number of rotatable bonds is 6. The summed E-state index contributed by atoms with van der Waals surface area (Å²) in [5.74, 6) is -2.79. The Morgan fingerprint density at radius 3 is 2.33 bits per heavy atom. The van der Waals surface area contributed by atoms with E-state index in [0.29, 0.717) is 15.6 Å². The van der Waals surface area contributed by atoms with Gasteiger partial charge in [-0.25, -0.2) is 4.90 Å². The Morgan fingerprint density at radius 2 is 1.62 bits per heavy atom. The molecule has 0 radical (unpaired) electrons. The minimum atomic E-state index is -0.877. The molecule has 1 saturated heterocycles. The first kappa shape index (κ1) is 29.1. The maximum atomic E-state index is 14.0. The van der Waals surface area contributed by atoms with E-state index in [-0.39, 0.29) is 22.8 Å². The van der Waals surface area contributed by atoms with E-state index in [1.807, 2.05) is 60.7 Å². The monoisotopic (exact) mass is 700 g/mol. The first-order valence-electron chi connectivity index (χ1n) is 13.8. The number of hydrogen-bond donors (Lipinski definition) is 1. The number of amides is 3. The Hall–Kier alpha value is -4.59. The molecule has 1 fully saturated rings. The van der Waals surface area contributed by atoms with E-state index in [4.69, 9.17) is 0 Å².